The highest BCUT2D eigenvalue weighted by Gasteiger charge is 2.36. The summed E-state index contributed by atoms with van der Waals surface area (Å²) < 4.78 is 24.9. The monoisotopic (exact) mass is 221 g/mol. The fourth-order valence-corrected chi connectivity index (χ4v) is 3.36. The van der Waals surface area contributed by atoms with Crippen molar-refractivity contribution in [3.63, 3.8) is 0 Å². The molecule has 0 amide bonds. The molecule has 0 aromatic heterocycles. The quantitative estimate of drug-likeness (QED) is 0.728. The van der Waals surface area contributed by atoms with Crippen LogP contribution in [-0.4, -0.2) is 31.9 Å². The second kappa shape index (κ2) is 4.16. The van der Waals surface area contributed by atoms with Crippen LogP contribution in [0.3, 0.4) is 0 Å². The van der Waals surface area contributed by atoms with Gasteiger partial charge in [0.1, 0.15) is 0 Å². The van der Waals surface area contributed by atoms with Gasteiger partial charge in [-0.25, -0.2) is 13.1 Å². The van der Waals surface area contributed by atoms with Gasteiger partial charge < -0.3 is 5.11 Å². The fourth-order valence-electron chi connectivity index (χ4n) is 2.32. The summed E-state index contributed by atoms with van der Waals surface area (Å²) in [6, 6.07) is 0. The Labute approximate surface area is 85.8 Å². The highest BCUT2D eigenvalue weighted by Crippen LogP contribution is 2.32. The second-order valence-electron chi connectivity index (χ2n) is 4.51. The lowest BCUT2D eigenvalue weighted by molar-refractivity contribution is 0.120. The lowest BCUT2D eigenvalue weighted by atomic mass is 9.78. The van der Waals surface area contributed by atoms with Crippen LogP contribution in [0.15, 0.2) is 0 Å². The zero-order valence-corrected chi connectivity index (χ0v) is 9.60. The Morgan fingerprint density at radius 3 is 2.64 bits per heavy atom. The molecule has 0 radical (unpaired) electrons. The summed E-state index contributed by atoms with van der Waals surface area (Å²) in [5, 5.41) is 9.30. The Hall–Kier alpha value is -0.130. The van der Waals surface area contributed by atoms with E-state index in [0.717, 1.165) is 31.9 Å². The van der Waals surface area contributed by atoms with Gasteiger partial charge in [0.2, 0.25) is 10.0 Å². The molecule has 4 nitrogen and oxygen atoms in total. The molecule has 0 aromatic carbocycles. The molecule has 1 aliphatic carbocycles. The van der Waals surface area contributed by atoms with Crippen LogP contribution in [0.25, 0.3) is 0 Å². The first kappa shape index (κ1) is 11.9. The first-order valence-corrected chi connectivity index (χ1v) is 6.86. The van der Waals surface area contributed by atoms with E-state index in [4.69, 9.17) is 0 Å². The standard InChI is InChI=1S/C9H19NO3S/c1-8-4-3-5-9(6-8,7-11)10-14(2,12)13/h8,10-11H,3-7H2,1-2H3. The molecule has 0 spiro atoms. The van der Waals surface area contributed by atoms with E-state index in [0.29, 0.717) is 5.92 Å². The van der Waals surface area contributed by atoms with Gasteiger partial charge in [-0.3, -0.25) is 0 Å². The Morgan fingerprint density at radius 1 is 1.57 bits per heavy atom. The zero-order valence-electron chi connectivity index (χ0n) is 8.78. The van der Waals surface area contributed by atoms with Crippen LogP contribution in [0, 0.1) is 5.92 Å². The SMILES string of the molecule is CC1CCCC(CO)(NS(C)(=O)=O)C1. The van der Waals surface area contributed by atoms with Crippen molar-refractivity contribution in [1.29, 1.82) is 0 Å². The van der Waals surface area contributed by atoms with Crippen LogP contribution < -0.4 is 4.72 Å². The van der Waals surface area contributed by atoms with Crippen LogP contribution >= 0.6 is 0 Å². The van der Waals surface area contributed by atoms with Crippen molar-refractivity contribution in [2.75, 3.05) is 12.9 Å². The van der Waals surface area contributed by atoms with E-state index < -0.39 is 15.6 Å². The number of sulfonamides is 1. The highest BCUT2D eigenvalue weighted by atomic mass is 32.2. The molecule has 1 saturated carbocycles. The number of hydrogen-bond acceptors (Lipinski definition) is 3. The van der Waals surface area contributed by atoms with Crippen molar-refractivity contribution in [3.8, 4) is 0 Å². The number of aliphatic hydroxyl groups excluding tert-OH is 1. The van der Waals surface area contributed by atoms with Crippen LogP contribution in [0.1, 0.15) is 32.6 Å². The molecular weight excluding hydrogens is 202 g/mol. The summed E-state index contributed by atoms with van der Waals surface area (Å²) in [6.45, 7) is 1.98. The summed E-state index contributed by atoms with van der Waals surface area (Å²) in [4.78, 5) is 0. The smallest absolute Gasteiger partial charge is 0.209 e. The van der Waals surface area contributed by atoms with Crippen molar-refractivity contribution in [2.45, 2.75) is 38.1 Å². The maximum atomic E-state index is 11.1. The molecule has 84 valence electrons. The molecule has 0 saturated heterocycles. The van der Waals surface area contributed by atoms with Crippen LogP contribution in [0.4, 0.5) is 0 Å². The van der Waals surface area contributed by atoms with Crippen molar-refractivity contribution < 1.29 is 13.5 Å². The molecule has 0 heterocycles. The van der Waals surface area contributed by atoms with Crippen molar-refractivity contribution in [3.05, 3.63) is 0 Å². The average molecular weight is 221 g/mol. The van der Waals surface area contributed by atoms with Crippen molar-refractivity contribution >= 4 is 10.0 Å². The average Bonchev–Trinajstić information content (AvgIpc) is 2.01. The topological polar surface area (TPSA) is 66.4 Å². The molecule has 2 unspecified atom stereocenters. The number of aliphatic hydroxyl groups is 1. The van der Waals surface area contributed by atoms with E-state index >= 15 is 0 Å². The fraction of sp³-hybridized carbons (Fsp3) is 1.00. The number of nitrogens with one attached hydrogen (secondary N) is 1. The molecule has 0 aromatic rings. The molecule has 1 rings (SSSR count). The Kier molecular flexibility index (Phi) is 3.55. The van der Waals surface area contributed by atoms with Crippen LogP contribution in [-0.2, 0) is 10.0 Å². The predicted octanol–water partition coefficient (Wildman–Crippen LogP) is 0.477. The molecule has 0 aliphatic heterocycles. The summed E-state index contributed by atoms with van der Waals surface area (Å²) in [7, 11) is -3.23. The minimum absolute atomic E-state index is 0.107. The zero-order chi connectivity index (χ0) is 10.8. The molecule has 2 N–H and O–H groups in total. The predicted molar refractivity (Wildman–Crippen MR) is 55.4 cm³/mol. The Morgan fingerprint density at radius 2 is 2.21 bits per heavy atom. The third kappa shape index (κ3) is 3.22. The Balaban J connectivity index is 2.75. The third-order valence-electron chi connectivity index (χ3n) is 2.80. The van der Waals surface area contributed by atoms with Crippen LogP contribution in [0.5, 0.6) is 0 Å². The first-order chi connectivity index (χ1) is 6.37. The van der Waals surface area contributed by atoms with Gasteiger partial charge in [0, 0.05) is 0 Å². The minimum atomic E-state index is -3.23. The number of rotatable bonds is 3. The van der Waals surface area contributed by atoms with Gasteiger partial charge in [-0.15, -0.1) is 0 Å². The summed E-state index contributed by atoms with van der Waals surface area (Å²) in [5.41, 5.74) is -0.606. The molecular formula is C9H19NO3S. The number of hydrogen-bond donors (Lipinski definition) is 2. The van der Waals surface area contributed by atoms with Gasteiger partial charge in [0.25, 0.3) is 0 Å². The van der Waals surface area contributed by atoms with Gasteiger partial charge >= 0.3 is 0 Å². The summed E-state index contributed by atoms with van der Waals surface area (Å²) in [6.07, 6.45) is 4.71. The van der Waals surface area contributed by atoms with Crippen molar-refractivity contribution in [2.24, 2.45) is 5.92 Å². The molecule has 2 atom stereocenters. The molecule has 0 bridgehead atoms. The molecule has 1 aliphatic rings. The van der Waals surface area contributed by atoms with Gasteiger partial charge in [0.05, 0.1) is 18.4 Å². The maximum absolute atomic E-state index is 11.1. The van der Waals surface area contributed by atoms with Crippen molar-refractivity contribution in [1.82, 2.24) is 4.72 Å². The van der Waals surface area contributed by atoms with E-state index in [2.05, 4.69) is 11.6 Å². The van der Waals surface area contributed by atoms with E-state index in [-0.39, 0.29) is 6.61 Å². The van der Waals surface area contributed by atoms with Gasteiger partial charge in [-0.05, 0) is 18.8 Å². The summed E-state index contributed by atoms with van der Waals surface area (Å²) in [5.74, 6) is 0.477. The lowest BCUT2D eigenvalue weighted by Gasteiger charge is -2.38. The van der Waals surface area contributed by atoms with Crippen LogP contribution in [0.2, 0.25) is 0 Å². The van der Waals surface area contributed by atoms with E-state index in [1.54, 1.807) is 0 Å². The molecule has 14 heavy (non-hydrogen) atoms. The van der Waals surface area contributed by atoms with E-state index in [1.807, 2.05) is 0 Å². The second-order valence-corrected chi connectivity index (χ2v) is 6.26. The third-order valence-corrected chi connectivity index (χ3v) is 3.60. The lowest BCUT2D eigenvalue weighted by Crippen LogP contribution is -2.53. The molecule has 5 heteroatoms. The normalized spacial score (nSPS) is 34.4. The van der Waals surface area contributed by atoms with Gasteiger partial charge in [-0.1, -0.05) is 19.8 Å². The largest absolute Gasteiger partial charge is 0.394 e. The summed E-state index contributed by atoms with van der Waals surface area (Å²) >= 11 is 0. The van der Waals surface area contributed by atoms with E-state index in [1.165, 1.54) is 0 Å². The molecule has 1 fully saturated rings. The Bertz CT molecular complexity index is 288. The highest BCUT2D eigenvalue weighted by molar-refractivity contribution is 7.88. The van der Waals surface area contributed by atoms with Gasteiger partial charge in [0.15, 0.2) is 0 Å². The van der Waals surface area contributed by atoms with Gasteiger partial charge in [-0.2, -0.15) is 0 Å². The minimum Gasteiger partial charge on any atom is -0.394 e. The van der Waals surface area contributed by atoms with E-state index in [9.17, 15) is 13.5 Å². The first-order valence-electron chi connectivity index (χ1n) is 4.97. The maximum Gasteiger partial charge on any atom is 0.209 e.